The van der Waals surface area contributed by atoms with Gasteiger partial charge in [0.25, 0.3) is 0 Å². The molecule has 0 aliphatic rings. The van der Waals surface area contributed by atoms with E-state index in [1.165, 1.54) is 6.26 Å². The lowest BCUT2D eigenvalue weighted by molar-refractivity contribution is 0.602. The third kappa shape index (κ3) is 2.52. The predicted octanol–water partition coefficient (Wildman–Crippen LogP) is 1.46. The molecular weight excluding hydrogens is 203 g/mol. The van der Waals surface area contributed by atoms with Gasteiger partial charge in [-0.05, 0) is 24.7 Å². The summed E-state index contributed by atoms with van der Waals surface area (Å²) in [6.07, 6.45) is 1.25. The maximum absolute atomic E-state index is 11.4. The van der Waals surface area contributed by atoms with Gasteiger partial charge in [0, 0.05) is 6.26 Å². The Kier molecular flexibility index (Phi) is 3.09. The van der Waals surface area contributed by atoms with Crippen molar-refractivity contribution in [3.05, 3.63) is 24.3 Å². The molecule has 72 valence electrons. The molecule has 0 N–H and O–H groups in total. The molecule has 0 spiro atoms. The summed E-state index contributed by atoms with van der Waals surface area (Å²) in [4.78, 5) is 0.478. The maximum Gasteiger partial charge on any atom is 0.176 e. The van der Waals surface area contributed by atoms with Crippen LogP contribution in [-0.2, 0) is 9.84 Å². The minimum atomic E-state index is -3.06. The molecular formula is C9H13O2PS. The van der Waals surface area contributed by atoms with Crippen LogP contribution in [0.15, 0.2) is 29.2 Å². The van der Waals surface area contributed by atoms with Gasteiger partial charge in [-0.25, -0.2) is 8.42 Å². The van der Waals surface area contributed by atoms with Gasteiger partial charge in [0.1, 0.15) is 0 Å². The van der Waals surface area contributed by atoms with Gasteiger partial charge in [-0.15, -0.1) is 0 Å². The first-order valence-electron chi connectivity index (χ1n) is 3.89. The quantitative estimate of drug-likeness (QED) is 0.701. The Labute approximate surface area is 80.7 Å². The van der Waals surface area contributed by atoms with E-state index in [1.54, 1.807) is 12.1 Å². The lowest BCUT2D eigenvalue weighted by atomic mass is 10.4. The van der Waals surface area contributed by atoms with Gasteiger partial charge < -0.3 is 0 Å². The monoisotopic (exact) mass is 216 g/mol. The zero-order chi connectivity index (χ0) is 10.1. The van der Waals surface area contributed by atoms with Crippen molar-refractivity contribution >= 4 is 23.1 Å². The molecule has 0 saturated heterocycles. The molecule has 1 aromatic rings. The summed E-state index contributed by atoms with van der Waals surface area (Å²) >= 11 is 0. The van der Waals surface area contributed by atoms with Crippen LogP contribution in [0.2, 0.25) is 0 Å². The predicted molar refractivity (Wildman–Crippen MR) is 58.0 cm³/mol. The van der Waals surface area contributed by atoms with Crippen LogP contribution in [0.5, 0.6) is 0 Å². The van der Waals surface area contributed by atoms with Crippen LogP contribution < -0.4 is 5.30 Å². The lowest BCUT2D eigenvalue weighted by Gasteiger charge is -2.10. The van der Waals surface area contributed by atoms with E-state index in [9.17, 15) is 8.42 Å². The number of sulfone groups is 1. The van der Waals surface area contributed by atoms with Gasteiger partial charge >= 0.3 is 0 Å². The van der Waals surface area contributed by atoms with Crippen molar-refractivity contribution in [1.29, 1.82) is 0 Å². The van der Waals surface area contributed by atoms with Crippen molar-refractivity contribution in [2.24, 2.45) is 0 Å². The van der Waals surface area contributed by atoms with Crippen LogP contribution in [0.3, 0.4) is 0 Å². The second kappa shape index (κ2) is 3.77. The van der Waals surface area contributed by atoms with Gasteiger partial charge in [-0.3, -0.25) is 0 Å². The molecule has 13 heavy (non-hydrogen) atoms. The van der Waals surface area contributed by atoms with Crippen LogP contribution >= 0.6 is 7.92 Å². The molecule has 0 atom stereocenters. The fourth-order valence-electron chi connectivity index (χ4n) is 1.14. The number of hydrogen-bond acceptors (Lipinski definition) is 2. The summed E-state index contributed by atoms with van der Waals surface area (Å²) in [5.41, 5.74) is 0. The molecule has 0 aromatic heterocycles. The van der Waals surface area contributed by atoms with Crippen molar-refractivity contribution < 1.29 is 8.42 Å². The second-order valence-corrected chi connectivity index (χ2v) is 7.39. The number of benzene rings is 1. The Morgan fingerprint density at radius 2 is 1.69 bits per heavy atom. The molecule has 0 saturated carbocycles. The Balaban J connectivity index is 3.37. The summed E-state index contributed by atoms with van der Waals surface area (Å²) in [6.45, 7) is 4.11. The standard InChI is InChI=1S/C9H13O2PS/c1-12(2)8-6-4-5-7-9(8)13(3,10)11/h4-7H,1-3H3. The van der Waals surface area contributed by atoms with E-state index in [-0.39, 0.29) is 7.92 Å². The molecule has 4 heteroatoms. The Morgan fingerprint density at radius 1 is 1.15 bits per heavy atom. The van der Waals surface area contributed by atoms with Crippen molar-refractivity contribution in [3.63, 3.8) is 0 Å². The van der Waals surface area contributed by atoms with E-state index >= 15 is 0 Å². The number of rotatable bonds is 2. The Morgan fingerprint density at radius 3 is 2.08 bits per heavy atom. The molecule has 1 aromatic carbocycles. The van der Waals surface area contributed by atoms with Crippen LogP contribution in [0.25, 0.3) is 0 Å². The molecule has 0 amide bonds. The van der Waals surface area contributed by atoms with Crippen molar-refractivity contribution in [2.45, 2.75) is 4.90 Å². The summed E-state index contributed by atoms with van der Waals surface area (Å²) < 4.78 is 22.7. The zero-order valence-electron chi connectivity index (χ0n) is 7.98. The smallest absolute Gasteiger partial charge is 0.176 e. The highest BCUT2D eigenvalue weighted by atomic mass is 32.2. The third-order valence-corrected chi connectivity index (χ3v) is 4.41. The molecule has 1 rings (SSSR count). The van der Waals surface area contributed by atoms with E-state index in [0.717, 1.165) is 5.30 Å². The SMILES string of the molecule is CP(C)c1ccccc1S(C)(=O)=O. The van der Waals surface area contributed by atoms with Gasteiger partial charge in [-0.2, -0.15) is 0 Å². The maximum atomic E-state index is 11.4. The summed E-state index contributed by atoms with van der Waals surface area (Å²) in [6, 6.07) is 7.21. The van der Waals surface area contributed by atoms with Crippen LogP contribution in [-0.4, -0.2) is 28.0 Å². The molecule has 0 aliphatic carbocycles. The van der Waals surface area contributed by atoms with Crippen molar-refractivity contribution in [3.8, 4) is 0 Å². The zero-order valence-corrected chi connectivity index (χ0v) is 9.69. The first-order chi connectivity index (χ1) is 5.93. The van der Waals surface area contributed by atoms with Crippen LogP contribution in [0, 0.1) is 0 Å². The fraction of sp³-hybridized carbons (Fsp3) is 0.333. The van der Waals surface area contributed by atoms with Crippen LogP contribution in [0.4, 0.5) is 0 Å². The van der Waals surface area contributed by atoms with E-state index < -0.39 is 9.84 Å². The van der Waals surface area contributed by atoms with Crippen molar-refractivity contribution in [1.82, 2.24) is 0 Å². The summed E-state index contributed by atoms with van der Waals surface area (Å²) in [5, 5.41) is 0.958. The topological polar surface area (TPSA) is 34.1 Å². The summed E-state index contributed by atoms with van der Waals surface area (Å²) in [7, 11) is -3.42. The number of hydrogen-bond donors (Lipinski definition) is 0. The van der Waals surface area contributed by atoms with Gasteiger partial charge in [-0.1, -0.05) is 26.1 Å². The Hall–Kier alpha value is -0.400. The van der Waals surface area contributed by atoms with Crippen LogP contribution in [0.1, 0.15) is 0 Å². The molecule has 0 radical (unpaired) electrons. The third-order valence-electron chi connectivity index (χ3n) is 1.75. The normalized spacial score (nSPS) is 12.0. The highest BCUT2D eigenvalue weighted by Gasteiger charge is 2.13. The minimum absolute atomic E-state index is 0.360. The molecule has 0 heterocycles. The van der Waals surface area contributed by atoms with Gasteiger partial charge in [0.2, 0.25) is 0 Å². The summed E-state index contributed by atoms with van der Waals surface area (Å²) in [5.74, 6) is 0. The average Bonchev–Trinajstić information content (AvgIpc) is 2.03. The molecule has 0 unspecified atom stereocenters. The average molecular weight is 216 g/mol. The van der Waals surface area contributed by atoms with Crippen molar-refractivity contribution in [2.75, 3.05) is 19.6 Å². The van der Waals surface area contributed by atoms with E-state index in [1.807, 2.05) is 12.1 Å². The molecule has 0 fully saturated rings. The second-order valence-electron chi connectivity index (χ2n) is 3.13. The molecule has 0 bridgehead atoms. The fourth-order valence-corrected chi connectivity index (χ4v) is 3.86. The first kappa shape index (κ1) is 10.7. The highest BCUT2D eigenvalue weighted by Crippen LogP contribution is 2.27. The minimum Gasteiger partial charge on any atom is -0.224 e. The lowest BCUT2D eigenvalue weighted by Crippen LogP contribution is -2.12. The molecule has 0 aliphatic heterocycles. The largest absolute Gasteiger partial charge is 0.224 e. The van der Waals surface area contributed by atoms with E-state index in [4.69, 9.17) is 0 Å². The van der Waals surface area contributed by atoms with E-state index in [2.05, 4.69) is 13.3 Å². The van der Waals surface area contributed by atoms with E-state index in [0.29, 0.717) is 4.90 Å². The van der Waals surface area contributed by atoms with Gasteiger partial charge in [0.05, 0.1) is 4.90 Å². The first-order valence-corrected chi connectivity index (χ1v) is 8.02. The highest BCUT2D eigenvalue weighted by molar-refractivity contribution is 7.91. The Bertz CT molecular complexity index is 396. The molecule has 2 nitrogen and oxygen atoms in total. The van der Waals surface area contributed by atoms with Gasteiger partial charge in [0.15, 0.2) is 9.84 Å².